The third-order valence-electron chi connectivity index (χ3n) is 5.03. The van der Waals surface area contributed by atoms with Gasteiger partial charge in [0.25, 0.3) is 0 Å². The second-order valence-corrected chi connectivity index (χ2v) is 7.67. The molecule has 4 rings (SSSR count). The number of nitrogens with one attached hydrogen (secondary N) is 1. The summed E-state index contributed by atoms with van der Waals surface area (Å²) in [5.41, 5.74) is 1.83. The summed E-state index contributed by atoms with van der Waals surface area (Å²) in [6.07, 6.45) is 2.74. The van der Waals surface area contributed by atoms with Crippen LogP contribution in [0.15, 0.2) is 91.7 Å². The molecule has 37 heavy (non-hydrogen) atoms. The summed E-state index contributed by atoms with van der Waals surface area (Å²) in [4.78, 5) is 25.3. The van der Waals surface area contributed by atoms with Crippen molar-refractivity contribution in [3.8, 4) is 17.6 Å². The van der Waals surface area contributed by atoms with Gasteiger partial charge >= 0.3 is 18.0 Å². The Morgan fingerprint density at radius 3 is 2.59 bits per heavy atom. The molecule has 1 amide bonds. The quantitative estimate of drug-likeness (QED) is 0.293. The molecule has 3 aromatic heterocycles. The molecule has 8 nitrogen and oxygen atoms in total. The number of anilines is 1. The van der Waals surface area contributed by atoms with Crippen LogP contribution in [-0.2, 0) is 11.4 Å². The van der Waals surface area contributed by atoms with Crippen molar-refractivity contribution >= 4 is 17.8 Å². The molecular weight excluding hydrogens is 480 g/mol. The van der Waals surface area contributed by atoms with Gasteiger partial charge in [0.05, 0.1) is 17.1 Å². The zero-order chi connectivity index (χ0) is 26.3. The first-order valence-corrected chi connectivity index (χ1v) is 11.2. The number of benzene rings is 1. The normalized spacial score (nSPS) is 11.3. The van der Waals surface area contributed by atoms with E-state index >= 15 is 0 Å². The van der Waals surface area contributed by atoms with Crippen molar-refractivity contribution in [3.05, 3.63) is 109 Å². The Morgan fingerprint density at radius 1 is 1.08 bits per heavy atom. The molecule has 0 fully saturated rings. The largest absolute Gasteiger partial charge is 0.482 e. The maximum atomic E-state index is 14.3. The number of pyridine rings is 2. The van der Waals surface area contributed by atoms with Crippen LogP contribution in [0.2, 0.25) is 0 Å². The molecule has 188 valence electrons. The molecule has 1 aromatic carbocycles. The standard InChI is InChI=1S/C27H23F2N5O3/c1-3-4-14-22-19(2)34(24-16-8-9-17-30-24)26(32-22)36-18-20-11-10-15-23(31-20)33-25(35)27(28,29)37-21-12-6-5-7-13-21/h3-17H,1,18H2,2H3,(H,31,33,35)/b14-4-. The van der Waals surface area contributed by atoms with Crippen molar-refractivity contribution in [1.82, 2.24) is 19.5 Å². The summed E-state index contributed by atoms with van der Waals surface area (Å²) in [5, 5.41) is 2.08. The molecule has 0 aliphatic carbocycles. The highest BCUT2D eigenvalue weighted by Gasteiger charge is 2.42. The molecule has 4 aromatic rings. The lowest BCUT2D eigenvalue weighted by atomic mass is 10.3. The van der Waals surface area contributed by atoms with Gasteiger partial charge in [-0.15, -0.1) is 0 Å². The fourth-order valence-electron chi connectivity index (χ4n) is 3.30. The van der Waals surface area contributed by atoms with Crippen LogP contribution in [0, 0.1) is 6.92 Å². The van der Waals surface area contributed by atoms with Gasteiger partial charge in [0, 0.05) is 6.20 Å². The number of hydrogen-bond acceptors (Lipinski definition) is 6. The van der Waals surface area contributed by atoms with Crippen LogP contribution >= 0.6 is 0 Å². The van der Waals surface area contributed by atoms with Gasteiger partial charge in [-0.1, -0.05) is 49.1 Å². The predicted molar refractivity (Wildman–Crippen MR) is 135 cm³/mol. The number of allylic oxidation sites excluding steroid dienone is 2. The first-order valence-electron chi connectivity index (χ1n) is 11.2. The van der Waals surface area contributed by atoms with Crippen LogP contribution < -0.4 is 14.8 Å². The third-order valence-corrected chi connectivity index (χ3v) is 5.03. The number of carbonyl (C=O) groups excluding carboxylic acids is 1. The molecule has 0 atom stereocenters. The Morgan fingerprint density at radius 2 is 1.86 bits per heavy atom. The van der Waals surface area contributed by atoms with Gasteiger partial charge < -0.3 is 14.8 Å². The number of rotatable bonds is 10. The van der Waals surface area contributed by atoms with Crippen molar-refractivity contribution in [2.75, 3.05) is 5.32 Å². The van der Waals surface area contributed by atoms with Crippen LogP contribution in [0.1, 0.15) is 17.1 Å². The molecule has 0 radical (unpaired) electrons. The van der Waals surface area contributed by atoms with E-state index < -0.39 is 12.0 Å². The molecule has 0 aliphatic heterocycles. The Bertz CT molecular complexity index is 1410. The summed E-state index contributed by atoms with van der Waals surface area (Å²) in [5.74, 6) is -1.27. The number of aromatic nitrogens is 4. The van der Waals surface area contributed by atoms with E-state index in [-0.39, 0.29) is 24.2 Å². The predicted octanol–water partition coefficient (Wildman–Crippen LogP) is 5.36. The van der Waals surface area contributed by atoms with E-state index in [4.69, 9.17) is 4.74 Å². The van der Waals surface area contributed by atoms with Gasteiger partial charge in [-0.2, -0.15) is 13.8 Å². The van der Waals surface area contributed by atoms with E-state index in [1.165, 1.54) is 30.3 Å². The fraction of sp³-hybridized carbons (Fsp3) is 0.111. The number of ether oxygens (including phenoxy) is 2. The summed E-state index contributed by atoms with van der Waals surface area (Å²) in [6.45, 7) is 5.51. The maximum Gasteiger partial charge on any atom is 0.482 e. The topological polar surface area (TPSA) is 91.2 Å². The lowest BCUT2D eigenvalue weighted by Crippen LogP contribution is -2.40. The van der Waals surface area contributed by atoms with Crippen LogP contribution in [0.5, 0.6) is 11.8 Å². The minimum absolute atomic E-state index is 0.0471. The summed E-state index contributed by atoms with van der Waals surface area (Å²) < 4.78 is 40.8. The Balaban J connectivity index is 1.49. The SMILES string of the molecule is C=C/C=C\c1nc(OCc2cccc(NC(=O)C(F)(F)Oc3ccccc3)n2)n(-c2ccccn2)c1C. The van der Waals surface area contributed by atoms with Gasteiger partial charge in [-0.3, -0.25) is 9.36 Å². The number of carbonyl (C=O) groups is 1. The van der Waals surface area contributed by atoms with Gasteiger partial charge in [-0.05, 0) is 49.4 Å². The van der Waals surface area contributed by atoms with E-state index in [1.54, 1.807) is 53.3 Å². The molecule has 0 spiro atoms. The van der Waals surface area contributed by atoms with E-state index in [9.17, 15) is 13.6 Å². The second-order valence-electron chi connectivity index (χ2n) is 7.67. The van der Waals surface area contributed by atoms with E-state index in [0.29, 0.717) is 17.2 Å². The minimum atomic E-state index is -4.10. The average Bonchev–Trinajstić information content (AvgIpc) is 3.22. The van der Waals surface area contributed by atoms with Crippen molar-refractivity contribution in [3.63, 3.8) is 0 Å². The molecule has 1 N–H and O–H groups in total. The van der Waals surface area contributed by atoms with Crippen LogP contribution in [-0.4, -0.2) is 31.5 Å². The van der Waals surface area contributed by atoms with Crippen LogP contribution in [0.25, 0.3) is 11.9 Å². The van der Waals surface area contributed by atoms with Gasteiger partial charge in [0.15, 0.2) is 0 Å². The van der Waals surface area contributed by atoms with Gasteiger partial charge in [-0.25, -0.2) is 9.97 Å². The zero-order valence-corrected chi connectivity index (χ0v) is 19.8. The zero-order valence-electron chi connectivity index (χ0n) is 19.8. The number of nitrogens with zero attached hydrogens (tertiary/aromatic N) is 4. The molecule has 0 saturated carbocycles. The van der Waals surface area contributed by atoms with E-state index in [0.717, 1.165) is 5.69 Å². The first-order chi connectivity index (χ1) is 17.9. The van der Waals surface area contributed by atoms with Crippen molar-refractivity contribution < 1.29 is 23.0 Å². The molecular formula is C27H23F2N5O3. The van der Waals surface area contributed by atoms with E-state index in [1.807, 2.05) is 19.1 Å². The number of halogens is 2. The average molecular weight is 504 g/mol. The summed E-state index contributed by atoms with van der Waals surface area (Å²) in [6, 6.07) is 17.6. The third kappa shape index (κ3) is 6.23. The highest BCUT2D eigenvalue weighted by Crippen LogP contribution is 2.25. The highest BCUT2D eigenvalue weighted by molar-refractivity contribution is 5.94. The molecule has 0 bridgehead atoms. The highest BCUT2D eigenvalue weighted by atomic mass is 19.3. The molecule has 0 aliphatic rings. The molecule has 10 heteroatoms. The lowest BCUT2D eigenvalue weighted by molar-refractivity contribution is -0.187. The number of hydrogen-bond donors (Lipinski definition) is 1. The van der Waals surface area contributed by atoms with Crippen molar-refractivity contribution in [2.45, 2.75) is 19.6 Å². The fourth-order valence-corrected chi connectivity index (χ4v) is 3.30. The first kappa shape index (κ1) is 25.2. The Kier molecular flexibility index (Phi) is 7.68. The molecule has 0 unspecified atom stereocenters. The smallest absolute Gasteiger partial charge is 0.458 e. The van der Waals surface area contributed by atoms with Gasteiger partial charge in [0.2, 0.25) is 0 Å². The van der Waals surface area contributed by atoms with Gasteiger partial charge in [0.1, 0.15) is 24.0 Å². The number of imidazole rings is 1. The number of alkyl halides is 2. The van der Waals surface area contributed by atoms with Crippen molar-refractivity contribution in [2.24, 2.45) is 0 Å². The van der Waals surface area contributed by atoms with Crippen molar-refractivity contribution in [1.29, 1.82) is 0 Å². The summed E-state index contributed by atoms with van der Waals surface area (Å²) >= 11 is 0. The van der Waals surface area contributed by atoms with Crippen LogP contribution in [0.3, 0.4) is 0 Å². The Labute approximate surface area is 211 Å². The lowest BCUT2D eigenvalue weighted by Gasteiger charge is -2.17. The minimum Gasteiger partial charge on any atom is -0.458 e. The Hall–Kier alpha value is -4.86. The number of amides is 1. The molecule has 3 heterocycles. The summed E-state index contributed by atoms with van der Waals surface area (Å²) in [7, 11) is 0. The maximum absolute atomic E-state index is 14.3. The number of para-hydroxylation sites is 1. The second kappa shape index (κ2) is 11.3. The monoisotopic (exact) mass is 503 g/mol. The van der Waals surface area contributed by atoms with E-state index in [2.05, 4.69) is 31.6 Å². The van der Waals surface area contributed by atoms with Crippen LogP contribution in [0.4, 0.5) is 14.6 Å². The molecule has 0 saturated heterocycles.